The number of ether oxygens (including phenoxy) is 1. The molecule has 3 rings (SSSR count). The Bertz CT molecular complexity index is 868. The van der Waals surface area contributed by atoms with Gasteiger partial charge in [0.1, 0.15) is 12.3 Å². The van der Waals surface area contributed by atoms with Crippen molar-refractivity contribution in [2.45, 2.75) is 31.7 Å². The van der Waals surface area contributed by atoms with Crippen LogP contribution in [0, 0.1) is 0 Å². The lowest BCUT2D eigenvalue weighted by atomic mass is 9.88. The number of hydrogen-bond donors (Lipinski definition) is 2. The Labute approximate surface area is 202 Å². The van der Waals surface area contributed by atoms with Crippen LogP contribution in [0.5, 0.6) is 5.75 Å². The second-order valence-corrected chi connectivity index (χ2v) is 7.83. The molecule has 1 atom stereocenters. The number of hydrogen-bond acceptors (Lipinski definition) is 3. The van der Waals surface area contributed by atoms with Gasteiger partial charge in [0.25, 0.3) is 0 Å². The number of aryl methyl sites for hydroxylation is 1. The number of carbonyl (C=O) groups is 1. The molecule has 1 amide bonds. The van der Waals surface area contributed by atoms with E-state index < -0.39 is 0 Å². The van der Waals surface area contributed by atoms with Crippen LogP contribution in [-0.2, 0) is 24.1 Å². The highest BCUT2D eigenvalue weighted by Crippen LogP contribution is 2.21. The zero-order valence-electron chi connectivity index (χ0n) is 18.6. The largest absolute Gasteiger partial charge is 0.497 e. The highest BCUT2D eigenvalue weighted by Gasteiger charge is 2.19. The molecule has 0 aromatic heterocycles. The summed E-state index contributed by atoms with van der Waals surface area (Å²) in [6.07, 6.45) is 3.94. The minimum Gasteiger partial charge on any atom is -0.497 e. The summed E-state index contributed by atoms with van der Waals surface area (Å²) < 4.78 is 5.21. The van der Waals surface area contributed by atoms with Crippen LogP contribution in [0.4, 0.5) is 0 Å². The predicted molar refractivity (Wildman–Crippen MR) is 137 cm³/mol. The highest BCUT2D eigenvalue weighted by molar-refractivity contribution is 14.0. The van der Waals surface area contributed by atoms with Crippen LogP contribution in [0.3, 0.4) is 0 Å². The molecule has 1 aliphatic carbocycles. The molecule has 0 saturated carbocycles. The molecule has 1 aliphatic rings. The van der Waals surface area contributed by atoms with E-state index in [1.807, 2.05) is 12.1 Å². The Hall–Kier alpha value is -2.29. The first-order valence-electron chi connectivity index (χ1n) is 10.5. The number of amides is 1. The number of nitrogens with one attached hydrogen (secondary N) is 2. The molecule has 0 bridgehead atoms. The van der Waals surface area contributed by atoms with Gasteiger partial charge in [-0.3, -0.25) is 4.79 Å². The van der Waals surface area contributed by atoms with E-state index in [1.165, 1.54) is 16.7 Å². The van der Waals surface area contributed by atoms with E-state index in [-0.39, 0.29) is 36.4 Å². The fraction of sp³-hybridized carbons (Fsp3) is 0.417. The van der Waals surface area contributed by atoms with Crippen LogP contribution in [-0.4, -0.2) is 57.1 Å². The topological polar surface area (TPSA) is 66.0 Å². The number of carbonyl (C=O) groups excluding carboxylic acids is 1. The van der Waals surface area contributed by atoms with Gasteiger partial charge in [0.15, 0.2) is 5.96 Å². The van der Waals surface area contributed by atoms with Gasteiger partial charge in [-0.15, -0.1) is 24.0 Å². The average molecular weight is 536 g/mol. The molecular formula is C24H33IN4O2. The van der Waals surface area contributed by atoms with Gasteiger partial charge in [-0.1, -0.05) is 36.4 Å². The Morgan fingerprint density at radius 1 is 1.13 bits per heavy atom. The number of fused-ring (bicyclic) bond motifs is 1. The van der Waals surface area contributed by atoms with Crippen molar-refractivity contribution < 1.29 is 9.53 Å². The van der Waals surface area contributed by atoms with E-state index in [0.29, 0.717) is 12.0 Å². The van der Waals surface area contributed by atoms with Crippen molar-refractivity contribution >= 4 is 35.8 Å². The number of methoxy groups -OCH3 is 1. The summed E-state index contributed by atoms with van der Waals surface area (Å²) in [5.41, 5.74) is 4.05. The van der Waals surface area contributed by atoms with Crippen LogP contribution >= 0.6 is 24.0 Å². The molecule has 0 radical (unpaired) electrons. The maximum Gasteiger partial charge on any atom is 0.243 e. The maximum atomic E-state index is 12.0. The number of nitrogens with zero attached hydrogens (tertiary/aromatic N) is 2. The normalized spacial score (nSPS) is 15.3. The van der Waals surface area contributed by atoms with Crippen LogP contribution in [0.1, 0.15) is 23.1 Å². The maximum absolute atomic E-state index is 12.0. The Morgan fingerprint density at radius 2 is 1.84 bits per heavy atom. The lowest BCUT2D eigenvalue weighted by molar-refractivity contribution is -0.127. The van der Waals surface area contributed by atoms with Crippen LogP contribution in [0.15, 0.2) is 53.5 Å². The second kappa shape index (κ2) is 12.5. The average Bonchev–Trinajstić information content (AvgIpc) is 2.77. The molecule has 0 fully saturated rings. The second-order valence-electron chi connectivity index (χ2n) is 7.83. The molecule has 31 heavy (non-hydrogen) atoms. The molecule has 0 spiro atoms. The molecule has 0 saturated heterocycles. The number of aliphatic imine (C=N–C) groups is 1. The molecule has 6 nitrogen and oxygen atoms in total. The van der Waals surface area contributed by atoms with E-state index in [9.17, 15) is 4.79 Å². The lowest BCUT2D eigenvalue weighted by Gasteiger charge is -2.27. The van der Waals surface area contributed by atoms with Gasteiger partial charge in [0, 0.05) is 26.7 Å². The summed E-state index contributed by atoms with van der Waals surface area (Å²) >= 11 is 0. The first-order valence-corrected chi connectivity index (χ1v) is 10.5. The standard InChI is InChI=1S/C24H32N4O2.HI/c1-28(2)23(29)17-26-24(25-15-14-18-8-12-22(30-3)13-9-18)27-21-11-10-19-6-4-5-7-20(19)16-21;/h4-9,12-13,21H,10-11,14-17H2,1-3H3,(H2,25,26,27);1H. The molecule has 168 valence electrons. The molecular weight excluding hydrogens is 503 g/mol. The quantitative estimate of drug-likeness (QED) is 0.325. The third-order valence-electron chi connectivity index (χ3n) is 5.42. The van der Waals surface area contributed by atoms with Crippen LogP contribution in [0.2, 0.25) is 0 Å². The summed E-state index contributed by atoms with van der Waals surface area (Å²) in [6, 6.07) is 17.0. The Morgan fingerprint density at radius 3 is 2.52 bits per heavy atom. The fourth-order valence-corrected chi connectivity index (χ4v) is 3.57. The Kier molecular flexibility index (Phi) is 10.1. The third-order valence-corrected chi connectivity index (χ3v) is 5.42. The number of likely N-dealkylation sites (N-methyl/N-ethyl adjacent to an activating group) is 1. The number of halogens is 1. The van der Waals surface area contributed by atoms with Gasteiger partial charge >= 0.3 is 0 Å². The van der Waals surface area contributed by atoms with Crippen molar-refractivity contribution in [3.8, 4) is 5.75 Å². The minimum atomic E-state index is -0.0137. The van der Waals surface area contributed by atoms with Gasteiger partial charge in [0.05, 0.1) is 7.11 Å². The van der Waals surface area contributed by atoms with Gasteiger partial charge < -0.3 is 20.3 Å². The number of rotatable bonds is 7. The summed E-state index contributed by atoms with van der Waals surface area (Å²) in [5.74, 6) is 1.54. The van der Waals surface area contributed by atoms with E-state index in [1.54, 1.807) is 26.1 Å². The molecule has 7 heteroatoms. The predicted octanol–water partition coefficient (Wildman–Crippen LogP) is 3.04. The summed E-state index contributed by atoms with van der Waals surface area (Å²) in [4.78, 5) is 18.1. The van der Waals surface area contributed by atoms with Gasteiger partial charge in [-0.05, 0) is 54.5 Å². The van der Waals surface area contributed by atoms with Gasteiger partial charge in [0.2, 0.25) is 5.91 Å². The molecule has 2 N–H and O–H groups in total. The van der Waals surface area contributed by atoms with Crippen LogP contribution < -0.4 is 15.4 Å². The first kappa shape index (κ1) is 25.0. The summed E-state index contributed by atoms with van der Waals surface area (Å²) in [6.45, 7) is 0.867. The number of guanidine groups is 1. The summed E-state index contributed by atoms with van der Waals surface area (Å²) in [5, 5.41) is 6.94. The fourth-order valence-electron chi connectivity index (χ4n) is 3.57. The van der Waals surface area contributed by atoms with Gasteiger partial charge in [-0.25, -0.2) is 4.99 Å². The molecule has 2 aromatic rings. The zero-order valence-corrected chi connectivity index (χ0v) is 20.9. The van der Waals surface area contributed by atoms with Crippen LogP contribution in [0.25, 0.3) is 0 Å². The highest BCUT2D eigenvalue weighted by atomic mass is 127. The van der Waals surface area contributed by atoms with Crippen molar-refractivity contribution in [2.75, 3.05) is 34.3 Å². The molecule has 0 aliphatic heterocycles. The van der Waals surface area contributed by atoms with Crippen molar-refractivity contribution in [1.29, 1.82) is 0 Å². The molecule has 2 aromatic carbocycles. The van der Waals surface area contributed by atoms with E-state index in [0.717, 1.165) is 38.0 Å². The SMILES string of the molecule is COc1ccc(CCNC(=NCC(=O)N(C)C)NC2CCc3ccccc3C2)cc1.I. The van der Waals surface area contributed by atoms with Gasteiger partial charge in [-0.2, -0.15) is 0 Å². The Balaban J connectivity index is 0.00000341. The van der Waals surface area contributed by atoms with Crippen molar-refractivity contribution in [1.82, 2.24) is 15.5 Å². The zero-order chi connectivity index (χ0) is 21.3. The number of benzene rings is 2. The lowest BCUT2D eigenvalue weighted by Crippen LogP contribution is -2.46. The van der Waals surface area contributed by atoms with Crippen molar-refractivity contribution in [3.05, 3.63) is 65.2 Å². The van der Waals surface area contributed by atoms with E-state index in [2.05, 4.69) is 52.0 Å². The van der Waals surface area contributed by atoms with Crippen molar-refractivity contribution in [3.63, 3.8) is 0 Å². The van der Waals surface area contributed by atoms with Crippen molar-refractivity contribution in [2.24, 2.45) is 4.99 Å². The molecule has 0 heterocycles. The molecule has 1 unspecified atom stereocenters. The first-order chi connectivity index (χ1) is 14.5. The smallest absolute Gasteiger partial charge is 0.243 e. The van der Waals surface area contributed by atoms with E-state index >= 15 is 0 Å². The minimum absolute atomic E-state index is 0. The summed E-state index contributed by atoms with van der Waals surface area (Å²) in [7, 11) is 5.17. The van der Waals surface area contributed by atoms with E-state index in [4.69, 9.17) is 4.74 Å². The third kappa shape index (κ3) is 7.72. The monoisotopic (exact) mass is 536 g/mol.